The van der Waals surface area contributed by atoms with Crippen molar-refractivity contribution in [3.05, 3.63) is 0 Å². The summed E-state index contributed by atoms with van der Waals surface area (Å²) in [6.45, 7) is 5.13. The third-order valence-corrected chi connectivity index (χ3v) is 2.19. The molecule has 0 saturated carbocycles. The standard InChI is InChI=1S/C11H22N4O3/c1-6(2)4-8(15-10(17)7(3)12)11(18)14-5-9(13)16/h6-8H,4-5,12H2,1-3H3,(H2,13,16)(H,14,18)(H,15,17). The molecule has 6 N–H and O–H groups in total. The largest absolute Gasteiger partial charge is 0.368 e. The Morgan fingerprint density at radius 3 is 2.06 bits per heavy atom. The van der Waals surface area contributed by atoms with E-state index < -0.39 is 29.8 Å². The van der Waals surface area contributed by atoms with Gasteiger partial charge in [-0.1, -0.05) is 13.8 Å². The van der Waals surface area contributed by atoms with E-state index in [0.29, 0.717) is 6.42 Å². The first kappa shape index (κ1) is 16.4. The van der Waals surface area contributed by atoms with E-state index in [-0.39, 0.29) is 12.5 Å². The van der Waals surface area contributed by atoms with Gasteiger partial charge in [-0.15, -0.1) is 0 Å². The number of hydrogen-bond donors (Lipinski definition) is 4. The molecule has 18 heavy (non-hydrogen) atoms. The van der Waals surface area contributed by atoms with Gasteiger partial charge in [0.15, 0.2) is 0 Å². The van der Waals surface area contributed by atoms with Crippen molar-refractivity contribution in [1.82, 2.24) is 10.6 Å². The Balaban J connectivity index is 4.51. The molecule has 0 rings (SSSR count). The predicted octanol–water partition coefficient (Wildman–Crippen LogP) is -1.53. The minimum atomic E-state index is -0.706. The third-order valence-electron chi connectivity index (χ3n) is 2.19. The Labute approximate surface area is 107 Å². The first-order chi connectivity index (χ1) is 8.23. The van der Waals surface area contributed by atoms with Crippen LogP contribution in [0.1, 0.15) is 27.2 Å². The van der Waals surface area contributed by atoms with Gasteiger partial charge in [0.25, 0.3) is 0 Å². The minimum absolute atomic E-state index is 0.211. The van der Waals surface area contributed by atoms with Gasteiger partial charge < -0.3 is 22.1 Å². The molecule has 0 aliphatic rings. The van der Waals surface area contributed by atoms with Gasteiger partial charge in [0.2, 0.25) is 17.7 Å². The fourth-order valence-corrected chi connectivity index (χ4v) is 1.30. The Kier molecular flexibility index (Phi) is 6.96. The van der Waals surface area contributed by atoms with Crippen LogP contribution in [-0.2, 0) is 14.4 Å². The number of carbonyl (C=O) groups is 3. The summed E-state index contributed by atoms with van der Waals surface area (Å²) in [6.07, 6.45) is 0.461. The summed E-state index contributed by atoms with van der Waals surface area (Å²) in [7, 11) is 0. The van der Waals surface area contributed by atoms with E-state index in [1.807, 2.05) is 13.8 Å². The number of rotatable bonds is 7. The molecule has 0 bridgehead atoms. The van der Waals surface area contributed by atoms with Crippen molar-refractivity contribution in [1.29, 1.82) is 0 Å². The van der Waals surface area contributed by atoms with Crippen LogP contribution < -0.4 is 22.1 Å². The van der Waals surface area contributed by atoms with E-state index in [9.17, 15) is 14.4 Å². The lowest BCUT2D eigenvalue weighted by molar-refractivity contribution is -0.130. The molecular weight excluding hydrogens is 236 g/mol. The number of amides is 3. The zero-order valence-corrected chi connectivity index (χ0v) is 11.0. The Morgan fingerprint density at radius 2 is 1.67 bits per heavy atom. The van der Waals surface area contributed by atoms with E-state index in [1.165, 1.54) is 6.92 Å². The molecule has 2 atom stereocenters. The van der Waals surface area contributed by atoms with Gasteiger partial charge >= 0.3 is 0 Å². The molecule has 104 valence electrons. The topological polar surface area (TPSA) is 127 Å². The molecule has 0 aromatic heterocycles. The van der Waals surface area contributed by atoms with Gasteiger partial charge in [0, 0.05) is 0 Å². The van der Waals surface area contributed by atoms with Crippen LogP contribution in [0.5, 0.6) is 0 Å². The van der Waals surface area contributed by atoms with Crippen molar-refractivity contribution in [2.45, 2.75) is 39.3 Å². The highest BCUT2D eigenvalue weighted by Gasteiger charge is 2.23. The summed E-state index contributed by atoms with van der Waals surface area (Å²) in [6, 6.07) is -1.40. The van der Waals surface area contributed by atoms with Crippen molar-refractivity contribution in [3.8, 4) is 0 Å². The molecule has 0 spiro atoms. The lowest BCUT2D eigenvalue weighted by Gasteiger charge is -2.20. The van der Waals surface area contributed by atoms with Crippen molar-refractivity contribution in [3.63, 3.8) is 0 Å². The zero-order chi connectivity index (χ0) is 14.3. The first-order valence-corrected chi connectivity index (χ1v) is 5.86. The molecule has 7 nitrogen and oxygen atoms in total. The summed E-state index contributed by atoms with van der Waals surface area (Å²) >= 11 is 0. The normalized spacial score (nSPS) is 13.8. The highest BCUT2D eigenvalue weighted by Crippen LogP contribution is 2.05. The maximum Gasteiger partial charge on any atom is 0.243 e. The smallest absolute Gasteiger partial charge is 0.243 e. The second-order valence-electron chi connectivity index (χ2n) is 4.66. The lowest BCUT2D eigenvalue weighted by Crippen LogP contribution is -2.52. The maximum absolute atomic E-state index is 11.8. The van der Waals surface area contributed by atoms with E-state index in [1.54, 1.807) is 0 Å². The molecule has 0 heterocycles. The van der Waals surface area contributed by atoms with Crippen LogP contribution in [0, 0.1) is 5.92 Å². The predicted molar refractivity (Wildman–Crippen MR) is 67.2 cm³/mol. The molecule has 2 unspecified atom stereocenters. The van der Waals surface area contributed by atoms with Gasteiger partial charge in [-0.3, -0.25) is 14.4 Å². The molecule has 7 heteroatoms. The quantitative estimate of drug-likeness (QED) is 0.441. The Morgan fingerprint density at radius 1 is 1.11 bits per heavy atom. The van der Waals surface area contributed by atoms with Crippen molar-refractivity contribution >= 4 is 17.7 Å². The number of hydrogen-bond acceptors (Lipinski definition) is 4. The number of nitrogens with one attached hydrogen (secondary N) is 2. The van der Waals surface area contributed by atoms with Crippen LogP contribution in [0.25, 0.3) is 0 Å². The van der Waals surface area contributed by atoms with Crippen LogP contribution in [0.3, 0.4) is 0 Å². The van der Waals surface area contributed by atoms with Gasteiger partial charge in [0.1, 0.15) is 6.04 Å². The van der Waals surface area contributed by atoms with Gasteiger partial charge in [-0.2, -0.15) is 0 Å². The van der Waals surface area contributed by atoms with Crippen molar-refractivity contribution in [2.24, 2.45) is 17.4 Å². The average molecular weight is 258 g/mol. The van der Waals surface area contributed by atoms with Crippen molar-refractivity contribution < 1.29 is 14.4 Å². The SMILES string of the molecule is CC(C)CC(NC(=O)C(C)N)C(=O)NCC(N)=O. The number of carbonyl (C=O) groups excluding carboxylic acids is 3. The fourth-order valence-electron chi connectivity index (χ4n) is 1.30. The van der Waals surface area contributed by atoms with E-state index in [4.69, 9.17) is 11.5 Å². The Hall–Kier alpha value is -1.63. The van der Waals surface area contributed by atoms with Crippen LogP contribution in [-0.4, -0.2) is 36.3 Å². The maximum atomic E-state index is 11.8. The molecule has 0 aliphatic carbocycles. The lowest BCUT2D eigenvalue weighted by atomic mass is 10.0. The molecule has 0 saturated heterocycles. The Bertz CT molecular complexity index is 315. The number of primary amides is 1. The summed E-state index contributed by atoms with van der Waals surface area (Å²) in [5.74, 6) is -1.26. The highest BCUT2D eigenvalue weighted by atomic mass is 16.2. The fraction of sp³-hybridized carbons (Fsp3) is 0.727. The summed E-state index contributed by atoms with van der Waals surface area (Å²) in [5.41, 5.74) is 10.4. The monoisotopic (exact) mass is 258 g/mol. The second-order valence-corrected chi connectivity index (χ2v) is 4.66. The van der Waals surface area contributed by atoms with Crippen LogP contribution >= 0.6 is 0 Å². The minimum Gasteiger partial charge on any atom is -0.368 e. The van der Waals surface area contributed by atoms with E-state index >= 15 is 0 Å². The van der Waals surface area contributed by atoms with Gasteiger partial charge in [-0.05, 0) is 19.3 Å². The average Bonchev–Trinajstić information content (AvgIpc) is 2.23. The van der Waals surface area contributed by atoms with E-state index in [0.717, 1.165) is 0 Å². The molecule has 0 fully saturated rings. The highest BCUT2D eigenvalue weighted by molar-refractivity contribution is 5.91. The molecule has 3 amide bonds. The van der Waals surface area contributed by atoms with Gasteiger partial charge in [0.05, 0.1) is 12.6 Å². The summed E-state index contributed by atoms with van der Waals surface area (Å²) in [5, 5.41) is 4.91. The zero-order valence-electron chi connectivity index (χ0n) is 11.0. The molecule has 0 aromatic carbocycles. The summed E-state index contributed by atoms with van der Waals surface area (Å²) < 4.78 is 0. The molecule has 0 radical (unpaired) electrons. The number of nitrogens with two attached hydrogens (primary N) is 2. The first-order valence-electron chi connectivity index (χ1n) is 5.86. The van der Waals surface area contributed by atoms with E-state index in [2.05, 4.69) is 10.6 Å². The molecular formula is C11H22N4O3. The van der Waals surface area contributed by atoms with Gasteiger partial charge in [-0.25, -0.2) is 0 Å². The third kappa shape index (κ3) is 6.85. The van der Waals surface area contributed by atoms with Crippen LogP contribution in [0.4, 0.5) is 0 Å². The molecule has 0 aliphatic heterocycles. The van der Waals surface area contributed by atoms with Crippen LogP contribution in [0.15, 0.2) is 0 Å². The van der Waals surface area contributed by atoms with Crippen molar-refractivity contribution in [2.75, 3.05) is 6.54 Å². The second kappa shape index (κ2) is 7.65. The summed E-state index contributed by atoms with van der Waals surface area (Å²) in [4.78, 5) is 33.8. The van der Waals surface area contributed by atoms with Crippen LogP contribution in [0.2, 0.25) is 0 Å². The molecule has 0 aromatic rings.